The Balaban J connectivity index is 1.42. The molecule has 0 heterocycles. The molecule has 0 spiro atoms. The van der Waals surface area contributed by atoms with Gasteiger partial charge in [-0.3, -0.25) is 0 Å². The summed E-state index contributed by atoms with van der Waals surface area (Å²) in [6.07, 6.45) is 14.3. The maximum absolute atomic E-state index is 11.7. The van der Waals surface area contributed by atoms with Gasteiger partial charge >= 0.3 is 6.16 Å². The summed E-state index contributed by atoms with van der Waals surface area (Å²) in [5, 5.41) is 0. The van der Waals surface area contributed by atoms with Gasteiger partial charge in [-0.25, -0.2) is 4.79 Å². The van der Waals surface area contributed by atoms with Crippen LogP contribution < -0.4 is 0 Å². The summed E-state index contributed by atoms with van der Waals surface area (Å²) in [5.41, 5.74) is 2.71. The minimum atomic E-state index is -0.504. The summed E-state index contributed by atoms with van der Waals surface area (Å²) in [5.74, 6) is 2.39. The minimum absolute atomic E-state index is 0.334. The number of hydrogen-bond donors (Lipinski definition) is 0. The molecule has 2 aliphatic carbocycles. The molecule has 1 aromatic carbocycles. The monoisotopic (exact) mass is 414 g/mol. The molecular formula is C27H42O3. The van der Waals surface area contributed by atoms with Crippen molar-refractivity contribution in [1.82, 2.24) is 0 Å². The summed E-state index contributed by atoms with van der Waals surface area (Å²) in [7, 11) is 0. The van der Waals surface area contributed by atoms with Crippen molar-refractivity contribution in [2.75, 3.05) is 6.61 Å². The van der Waals surface area contributed by atoms with Gasteiger partial charge in [0.2, 0.25) is 0 Å². The first-order valence-corrected chi connectivity index (χ1v) is 12.5. The van der Waals surface area contributed by atoms with Gasteiger partial charge in [-0.1, -0.05) is 44.0 Å². The fraction of sp³-hybridized carbons (Fsp3) is 0.741. The Hall–Kier alpha value is -1.51. The summed E-state index contributed by atoms with van der Waals surface area (Å²) >= 11 is 0. The van der Waals surface area contributed by atoms with E-state index in [0.29, 0.717) is 6.61 Å². The predicted octanol–water partition coefficient (Wildman–Crippen LogP) is 7.82. The van der Waals surface area contributed by atoms with Gasteiger partial charge in [0.1, 0.15) is 5.60 Å². The van der Waals surface area contributed by atoms with E-state index < -0.39 is 6.16 Å². The molecule has 0 aromatic heterocycles. The Kier molecular flexibility index (Phi) is 8.65. The summed E-state index contributed by atoms with van der Waals surface area (Å²) < 4.78 is 10.6. The van der Waals surface area contributed by atoms with Crippen LogP contribution in [0, 0.1) is 11.8 Å². The maximum atomic E-state index is 11.7. The summed E-state index contributed by atoms with van der Waals surface area (Å²) in [6, 6.07) is 9.52. The van der Waals surface area contributed by atoms with Crippen molar-refractivity contribution >= 4 is 6.16 Å². The molecule has 0 unspecified atom stereocenters. The molecule has 2 saturated carbocycles. The Morgan fingerprint density at radius 2 is 1.57 bits per heavy atom. The molecule has 2 fully saturated rings. The quantitative estimate of drug-likeness (QED) is 0.321. The first kappa shape index (κ1) is 23.2. The normalized spacial score (nSPS) is 29.4. The van der Waals surface area contributed by atoms with E-state index in [1.165, 1.54) is 69.8 Å². The van der Waals surface area contributed by atoms with Gasteiger partial charge in [0.25, 0.3) is 0 Å². The van der Waals surface area contributed by atoms with Crippen LogP contribution in [0.25, 0.3) is 0 Å². The van der Waals surface area contributed by atoms with E-state index in [9.17, 15) is 4.79 Å². The van der Waals surface area contributed by atoms with Crippen molar-refractivity contribution in [3.63, 3.8) is 0 Å². The number of carbonyl (C=O) groups excluding carboxylic acids is 1. The molecule has 0 saturated heterocycles. The maximum Gasteiger partial charge on any atom is 0.508 e. The average molecular weight is 415 g/mol. The van der Waals surface area contributed by atoms with E-state index in [1.807, 2.05) is 6.92 Å². The molecule has 0 N–H and O–H groups in total. The van der Waals surface area contributed by atoms with Crippen molar-refractivity contribution in [3.8, 4) is 0 Å². The zero-order chi connectivity index (χ0) is 21.4. The third-order valence-electron chi connectivity index (χ3n) is 7.64. The second kappa shape index (κ2) is 11.2. The van der Waals surface area contributed by atoms with Crippen molar-refractivity contribution in [3.05, 3.63) is 35.4 Å². The van der Waals surface area contributed by atoms with E-state index in [2.05, 4.69) is 38.1 Å². The highest BCUT2D eigenvalue weighted by Crippen LogP contribution is 2.45. The second-order valence-electron chi connectivity index (χ2n) is 9.88. The molecule has 3 rings (SSSR count). The highest BCUT2D eigenvalue weighted by atomic mass is 16.7. The van der Waals surface area contributed by atoms with Gasteiger partial charge in [0.05, 0.1) is 6.61 Å². The van der Waals surface area contributed by atoms with Gasteiger partial charge in [-0.05, 0) is 107 Å². The molecule has 0 atom stereocenters. The zero-order valence-corrected chi connectivity index (χ0v) is 19.5. The Bertz CT molecular complexity index is 635. The largest absolute Gasteiger partial charge is 0.508 e. The van der Waals surface area contributed by atoms with Crippen LogP contribution in [0.5, 0.6) is 0 Å². The van der Waals surface area contributed by atoms with Crippen LogP contribution in [0.15, 0.2) is 24.3 Å². The molecule has 168 valence electrons. The second-order valence-corrected chi connectivity index (χ2v) is 9.88. The standard InChI is InChI=1S/C27H42O3/c1-4-6-7-8-21-9-11-22(12-10-21)23-13-15-24(16-14-23)25-17-19-27(3,20-18-25)30-26(28)29-5-2/h9-12,23-25H,4-8,13-20H2,1-3H3. The third-order valence-corrected chi connectivity index (χ3v) is 7.64. The lowest BCUT2D eigenvalue weighted by atomic mass is 9.67. The third kappa shape index (κ3) is 6.49. The minimum Gasteiger partial charge on any atom is -0.435 e. The van der Waals surface area contributed by atoms with Gasteiger partial charge in [0.15, 0.2) is 0 Å². The van der Waals surface area contributed by atoms with E-state index in [4.69, 9.17) is 9.47 Å². The molecule has 30 heavy (non-hydrogen) atoms. The van der Waals surface area contributed by atoms with Gasteiger partial charge in [0, 0.05) is 0 Å². The highest BCUT2D eigenvalue weighted by molar-refractivity contribution is 5.60. The van der Waals surface area contributed by atoms with E-state index in [0.717, 1.165) is 30.6 Å². The number of benzene rings is 1. The molecule has 2 aliphatic rings. The van der Waals surface area contributed by atoms with Crippen molar-refractivity contribution in [2.45, 2.75) is 109 Å². The lowest BCUT2D eigenvalue weighted by Crippen LogP contribution is -2.38. The fourth-order valence-electron chi connectivity index (χ4n) is 5.63. The lowest BCUT2D eigenvalue weighted by molar-refractivity contribution is -0.0549. The molecule has 0 radical (unpaired) electrons. The van der Waals surface area contributed by atoms with Gasteiger partial charge < -0.3 is 9.47 Å². The fourth-order valence-corrected chi connectivity index (χ4v) is 5.63. The number of aryl methyl sites for hydroxylation is 1. The highest BCUT2D eigenvalue weighted by Gasteiger charge is 2.38. The van der Waals surface area contributed by atoms with Crippen LogP contribution in [0.3, 0.4) is 0 Å². The van der Waals surface area contributed by atoms with Crippen molar-refractivity contribution < 1.29 is 14.3 Å². The predicted molar refractivity (Wildman–Crippen MR) is 123 cm³/mol. The molecule has 3 heteroatoms. The van der Waals surface area contributed by atoms with Crippen molar-refractivity contribution in [1.29, 1.82) is 0 Å². The Morgan fingerprint density at radius 1 is 0.933 bits per heavy atom. The summed E-state index contributed by atoms with van der Waals surface area (Å²) in [6.45, 7) is 6.53. The molecule has 0 aliphatic heterocycles. The molecule has 1 aromatic rings. The molecule has 3 nitrogen and oxygen atoms in total. The number of unbranched alkanes of at least 4 members (excludes halogenated alkanes) is 2. The Morgan fingerprint density at radius 3 is 2.17 bits per heavy atom. The van der Waals surface area contributed by atoms with Crippen LogP contribution in [0.4, 0.5) is 4.79 Å². The SMILES string of the molecule is CCCCCc1ccc(C2CCC(C3CCC(C)(OC(=O)OCC)CC3)CC2)cc1. The first-order valence-electron chi connectivity index (χ1n) is 12.5. The van der Waals surface area contributed by atoms with Gasteiger partial charge in [-0.2, -0.15) is 0 Å². The number of rotatable bonds is 8. The van der Waals surface area contributed by atoms with Crippen LogP contribution in [-0.4, -0.2) is 18.4 Å². The first-order chi connectivity index (χ1) is 14.5. The number of ether oxygens (including phenoxy) is 2. The number of hydrogen-bond acceptors (Lipinski definition) is 3. The van der Waals surface area contributed by atoms with Crippen LogP contribution >= 0.6 is 0 Å². The smallest absolute Gasteiger partial charge is 0.435 e. The molecule has 0 bridgehead atoms. The van der Waals surface area contributed by atoms with Gasteiger partial charge in [-0.15, -0.1) is 0 Å². The van der Waals surface area contributed by atoms with Crippen molar-refractivity contribution in [2.24, 2.45) is 11.8 Å². The van der Waals surface area contributed by atoms with Crippen LogP contribution in [-0.2, 0) is 15.9 Å². The average Bonchev–Trinajstić information content (AvgIpc) is 2.75. The van der Waals surface area contributed by atoms with E-state index in [-0.39, 0.29) is 5.60 Å². The van der Waals surface area contributed by atoms with Crippen LogP contribution in [0.1, 0.15) is 108 Å². The van der Waals surface area contributed by atoms with E-state index >= 15 is 0 Å². The molecule has 0 amide bonds. The lowest BCUT2D eigenvalue weighted by Gasteiger charge is -2.41. The molecular weight excluding hydrogens is 372 g/mol. The van der Waals surface area contributed by atoms with E-state index in [1.54, 1.807) is 5.56 Å². The summed E-state index contributed by atoms with van der Waals surface area (Å²) in [4.78, 5) is 11.7. The number of carbonyl (C=O) groups is 1. The topological polar surface area (TPSA) is 35.5 Å². The zero-order valence-electron chi connectivity index (χ0n) is 19.5. The Labute approximate surface area is 183 Å². The van der Waals surface area contributed by atoms with Crippen LogP contribution in [0.2, 0.25) is 0 Å².